The Morgan fingerprint density at radius 2 is 1.81 bits per heavy atom. The Balaban J connectivity index is 1.21. The number of pyridine rings is 1. The number of aromatic nitrogens is 3. The minimum absolute atomic E-state index is 0.0923. The summed E-state index contributed by atoms with van der Waals surface area (Å²) in [6.45, 7) is 3.58. The third-order valence-corrected chi connectivity index (χ3v) is 7.58. The molecule has 3 aliphatic rings. The molecule has 0 radical (unpaired) electrons. The number of imidazole rings is 1. The number of nitrogens with one attached hydrogen (secondary N) is 1. The van der Waals surface area contributed by atoms with Crippen LogP contribution in [-0.4, -0.2) is 51.9 Å². The molecule has 1 N–H and O–H groups in total. The van der Waals surface area contributed by atoms with Gasteiger partial charge in [-0.15, -0.1) is 0 Å². The number of hydrogen-bond donors (Lipinski definition) is 1. The fourth-order valence-corrected chi connectivity index (χ4v) is 5.53. The van der Waals surface area contributed by atoms with Gasteiger partial charge in [0.2, 0.25) is 5.91 Å². The number of amides is 1. The molecular weight excluding hydrogens is 398 g/mol. The number of H-pyrrole nitrogens is 1. The molecule has 1 atom stereocenters. The van der Waals surface area contributed by atoms with Crippen LogP contribution in [0.4, 0.5) is 5.82 Å². The Labute approximate surface area is 189 Å². The second-order valence-corrected chi connectivity index (χ2v) is 9.89. The van der Waals surface area contributed by atoms with Crippen molar-refractivity contribution in [3.8, 4) is 0 Å². The molecule has 2 aliphatic heterocycles. The van der Waals surface area contributed by atoms with Crippen molar-refractivity contribution in [1.82, 2.24) is 19.9 Å². The summed E-state index contributed by atoms with van der Waals surface area (Å²) in [6, 6.07) is 14.9. The van der Waals surface area contributed by atoms with Crippen molar-refractivity contribution in [2.45, 2.75) is 50.4 Å². The lowest BCUT2D eigenvalue weighted by Crippen LogP contribution is -2.44. The molecule has 6 rings (SSSR count). The van der Waals surface area contributed by atoms with Crippen LogP contribution in [0.25, 0.3) is 11.2 Å². The highest BCUT2D eigenvalue weighted by molar-refractivity contribution is 5.80. The van der Waals surface area contributed by atoms with E-state index in [1.807, 2.05) is 0 Å². The monoisotopic (exact) mass is 429 g/mol. The first-order chi connectivity index (χ1) is 15.7. The second kappa shape index (κ2) is 7.91. The molecule has 1 unspecified atom stereocenters. The van der Waals surface area contributed by atoms with Crippen LogP contribution in [0.1, 0.15) is 49.9 Å². The molecule has 2 aromatic heterocycles. The lowest BCUT2D eigenvalue weighted by molar-refractivity contribution is -0.134. The van der Waals surface area contributed by atoms with Crippen molar-refractivity contribution in [3.05, 3.63) is 53.9 Å². The normalized spacial score (nSPS) is 22.4. The Morgan fingerprint density at radius 1 is 1.00 bits per heavy atom. The van der Waals surface area contributed by atoms with Gasteiger partial charge in [0, 0.05) is 31.6 Å². The Hall–Kier alpha value is -2.89. The zero-order valence-electron chi connectivity index (χ0n) is 18.6. The van der Waals surface area contributed by atoms with E-state index in [4.69, 9.17) is 9.97 Å². The second-order valence-electron chi connectivity index (χ2n) is 9.89. The minimum atomic E-state index is 0.0923. The van der Waals surface area contributed by atoms with Gasteiger partial charge in [0.15, 0.2) is 5.65 Å². The predicted molar refractivity (Wildman–Crippen MR) is 126 cm³/mol. The number of fused-ring (bicyclic) bond motifs is 1. The van der Waals surface area contributed by atoms with Crippen LogP contribution in [0.15, 0.2) is 42.5 Å². The molecule has 0 bridgehead atoms. The van der Waals surface area contributed by atoms with E-state index >= 15 is 0 Å². The molecule has 32 heavy (non-hydrogen) atoms. The summed E-state index contributed by atoms with van der Waals surface area (Å²) >= 11 is 0. The van der Waals surface area contributed by atoms with Gasteiger partial charge >= 0.3 is 0 Å². The fraction of sp³-hybridized carbons (Fsp3) is 0.500. The smallest absolute Gasteiger partial charge is 0.227 e. The molecule has 1 aliphatic carbocycles. The van der Waals surface area contributed by atoms with E-state index in [1.54, 1.807) is 0 Å². The van der Waals surface area contributed by atoms with Gasteiger partial charge in [-0.2, -0.15) is 0 Å². The number of carbonyl (C=O) groups excluding carboxylic acids is 1. The molecule has 6 nitrogen and oxygen atoms in total. The van der Waals surface area contributed by atoms with E-state index in [0.717, 1.165) is 81.1 Å². The van der Waals surface area contributed by atoms with Crippen LogP contribution in [0, 0.1) is 5.92 Å². The van der Waals surface area contributed by atoms with Gasteiger partial charge in [0.1, 0.15) is 11.6 Å². The molecule has 3 aromatic rings. The maximum Gasteiger partial charge on any atom is 0.227 e. The average molecular weight is 430 g/mol. The van der Waals surface area contributed by atoms with Gasteiger partial charge in [-0.1, -0.05) is 30.3 Å². The number of rotatable bonds is 5. The fourth-order valence-electron chi connectivity index (χ4n) is 5.53. The Bertz CT molecular complexity index is 1110. The van der Waals surface area contributed by atoms with E-state index < -0.39 is 0 Å². The van der Waals surface area contributed by atoms with Crippen molar-refractivity contribution >= 4 is 22.9 Å². The van der Waals surface area contributed by atoms with Gasteiger partial charge in [0.25, 0.3) is 0 Å². The lowest BCUT2D eigenvalue weighted by atomic mass is 9.96. The largest absolute Gasteiger partial charge is 0.356 e. The summed E-state index contributed by atoms with van der Waals surface area (Å²) < 4.78 is 0. The van der Waals surface area contributed by atoms with Crippen LogP contribution in [0.2, 0.25) is 0 Å². The highest BCUT2D eigenvalue weighted by Crippen LogP contribution is 2.49. The van der Waals surface area contributed by atoms with E-state index in [2.05, 4.69) is 57.2 Å². The summed E-state index contributed by atoms with van der Waals surface area (Å²) in [5.74, 6) is 2.45. The van der Waals surface area contributed by atoms with Crippen molar-refractivity contribution in [1.29, 1.82) is 0 Å². The lowest BCUT2D eigenvalue weighted by Gasteiger charge is -2.34. The third-order valence-electron chi connectivity index (χ3n) is 7.58. The highest BCUT2D eigenvalue weighted by Gasteiger charge is 2.47. The number of benzene rings is 1. The topological polar surface area (TPSA) is 65.1 Å². The first kappa shape index (κ1) is 19.8. The first-order valence-electron chi connectivity index (χ1n) is 12.2. The third kappa shape index (κ3) is 3.65. The summed E-state index contributed by atoms with van der Waals surface area (Å²) in [5, 5.41) is 0. The standard InChI is InChI=1S/C26H31N5O/c32-24(30-14-4-5-15-30)20-9-6-16-31(18-20)22-11-10-21-23(28-22)29-25(27-21)26(12-13-26)17-19-7-2-1-3-8-19/h1-3,7-8,10-11,20H,4-6,9,12-18H2,(H,27,28,29). The number of anilines is 1. The molecular formula is C26H31N5O. The first-order valence-corrected chi connectivity index (χ1v) is 12.2. The van der Waals surface area contributed by atoms with E-state index in [1.165, 1.54) is 18.4 Å². The zero-order chi connectivity index (χ0) is 21.5. The number of likely N-dealkylation sites (tertiary alicyclic amines) is 1. The van der Waals surface area contributed by atoms with Crippen LogP contribution in [0.3, 0.4) is 0 Å². The molecule has 4 heterocycles. The highest BCUT2D eigenvalue weighted by atomic mass is 16.2. The van der Waals surface area contributed by atoms with Crippen LogP contribution in [0.5, 0.6) is 0 Å². The summed E-state index contributed by atoms with van der Waals surface area (Å²) in [7, 11) is 0. The number of nitrogens with zero attached hydrogens (tertiary/aromatic N) is 4. The minimum Gasteiger partial charge on any atom is -0.356 e. The van der Waals surface area contributed by atoms with Gasteiger partial charge in [-0.3, -0.25) is 4.79 Å². The van der Waals surface area contributed by atoms with Gasteiger partial charge in [-0.05, 0) is 62.6 Å². The Kier molecular flexibility index (Phi) is 4.89. The Morgan fingerprint density at radius 3 is 2.59 bits per heavy atom. The van der Waals surface area contributed by atoms with Gasteiger partial charge < -0.3 is 14.8 Å². The van der Waals surface area contributed by atoms with Gasteiger partial charge in [-0.25, -0.2) is 9.97 Å². The molecule has 1 amide bonds. The van der Waals surface area contributed by atoms with Crippen molar-refractivity contribution in [3.63, 3.8) is 0 Å². The van der Waals surface area contributed by atoms with Crippen molar-refractivity contribution in [2.24, 2.45) is 5.92 Å². The molecule has 0 spiro atoms. The quantitative estimate of drug-likeness (QED) is 0.664. The van der Waals surface area contributed by atoms with Crippen LogP contribution in [-0.2, 0) is 16.6 Å². The van der Waals surface area contributed by atoms with Gasteiger partial charge in [0.05, 0.1) is 11.4 Å². The molecule has 3 fully saturated rings. The molecule has 1 saturated carbocycles. The summed E-state index contributed by atoms with van der Waals surface area (Å²) in [6.07, 6.45) is 7.68. The van der Waals surface area contributed by atoms with E-state index in [9.17, 15) is 4.79 Å². The van der Waals surface area contributed by atoms with Crippen molar-refractivity contribution in [2.75, 3.05) is 31.1 Å². The molecule has 166 valence electrons. The molecule has 2 saturated heterocycles. The maximum absolute atomic E-state index is 12.9. The molecule has 6 heteroatoms. The molecule has 1 aromatic carbocycles. The summed E-state index contributed by atoms with van der Waals surface area (Å²) in [5.41, 5.74) is 3.29. The maximum atomic E-state index is 12.9. The van der Waals surface area contributed by atoms with Crippen LogP contribution < -0.4 is 4.90 Å². The predicted octanol–water partition coefficient (Wildman–Crippen LogP) is 4.07. The zero-order valence-corrected chi connectivity index (χ0v) is 18.6. The summed E-state index contributed by atoms with van der Waals surface area (Å²) in [4.78, 5) is 30.7. The number of carbonyl (C=O) groups is 1. The number of hydrogen-bond acceptors (Lipinski definition) is 4. The van der Waals surface area contributed by atoms with E-state index in [-0.39, 0.29) is 11.3 Å². The van der Waals surface area contributed by atoms with Crippen LogP contribution >= 0.6 is 0 Å². The number of aromatic amines is 1. The van der Waals surface area contributed by atoms with E-state index in [0.29, 0.717) is 5.91 Å². The van der Waals surface area contributed by atoms with Crippen molar-refractivity contribution < 1.29 is 4.79 Å². The number of piperidine rings is 1. The average Bonchev–Trinajstić information content (AvgIpc) is 3.24. The SMILES string of the molecule is O=C(C1CCCN(c2ccc3[nH]c(C4(Cc5ccccc5)CC4)nc3n2)C1)N1CCCC1.